The van der Waals surface area contributed by atoms with Crippen LogP contribution in [-0.2, 0) is 7.05 Å². The first kappa shape index (κ1) is 11.0. The van der Waals surface area contributed by atoms with Crippen molar-refractivity contribution in [1.29, 1.82) is 5.26 Å². The second kappa shape index (κ2) is 4.54. The summed E-state index contributed by atoms with van der Waals surface area (Å²) in [6, 6.07) is 2.66. The fourth-order valence-electron chi connectivity index (χ4n) is 2.12. The van der Waals surface area contributed by atoms with Crippen LogP contribution in [0.25, 0.3) is 0 Å². The lowest BCUT2D eigenvalue weighted by molar-refractivity contribution is 0.476. The molecule has 0 spiro atoms. The third-order valence-electron chi connectivity index (χ3n) is 3.01. The molecule has 0 atom stereocenters. The van der Waals surface area contributed by atoms with E-state index in [-0.39, 0.29) is 0 Å². The maximum absolute atomic E-state index is 9.09. The lowest BCUT2D eigenvalue weighted by Gasteiger charge is -2.24. The average Bonchev–Trinajstić information content (AvgIpc) is 2.55. The summed E-state index contributed by atoms with van der Waals surface area (Å²) in [5.41, 5.74) is 1.46. The molecule has 5 nitrogen and oxygen atoms in total. The molecule has 0 radical (unpaired) electrons. The average molecular weight is 219 g/mol. The second-order valence-corrected chi connectivity index (χ2v) is 4.21. The van der Waals surface area contributed by atoms with Crippen molar-refractivity contribution < 1.29 is 0 Å². The van der Waals surface area contributed by atoms with Crippen molar-refractivity contribution in [1.82, 2.24) is 15.1 Å². The minimum absolute atomic E-state index is 0.447. The molecule has 2 N–H and O–H groups in total. The number of hydrogen-bond donors (Lipinski definition) is 2. The van der Waals surface area contributed by atoms with Crippen molar-refractivity contribution in [2.24, 2.45) is 7.05 Å². The number of nitrogens with zero attached hydrogens (tertiary/aromatic N) is 3. The van der Waals surface area contributed by atoms with Crippen LogP contribution in [0.15, 0.2) is 0 Å². The molecule has 1 saturated heterocycles. The third-order valence-corrected chi connectivity index (χ3v) is 3.01. The summed E-state index contributed by atoms with van der Waals surface area (Å²) in [6.45, 7) is 3.94. The molecule has 86 valence electrons. The first-order valence-electron chi connectivity index (χ1n) is 5.63. The minimum Gasteiger partial charge on any atom is -0.366 e. The molecular formula is C11H17N5. The molecule has 0 aliphatic carbocycles. The van der Waals surface area contributed by atoms with Crippen LogP contribution < -0.4 is 10.6 Å². The number of hydrogen-bond acceptors (Lipinski definition) is 4. The van der Waals surface area contributed by atoms with Crippen LogP contribution in [0.5, 0.6) is 0 Å². The van der Waals surface area contributed by atoms with Gasteiger partial charge in [0.15, 0.2) is 0 Å². The number of anilines is 1. The Hall–Kier alpha value is -1.54. The predicted molar refractivity (Wildman–Crippen MR) is 62.2 cm³/mol. The van der Waals surface area contributed by atoms with Gasteiger partial charge in [-0.05, 0) is 32.9 Å². The molecule has 2 rings (SSSR count). The largest absolute Gasteiger partial charge is 0.366 e. The lowest BCUT2D eigenvalue weighted by Crippen LogP contribution is -2.35. The highest BCUT2D eigenvalue weighted by atomic mass is 15.3. The summed E-state index contributed by atoms with van der Waals surface area (Å²) in [5.74, 6) is 0.854. The molecule has 0 unspecified atom stereocenters. The van der Waals surface area contributed by atoms with E-state index in [2.05, 4.69) is 21.8 Å². The van der Waals surface area contributed by atoms with E-state index in [9.17, 15) is 0 Å². The second-order valence-electron chi connectivity index (χ2n) is 4.21. The molecule has 0 bridgehead atoms. The first-order valence-corrected chi connectivity index (χ1v) is 5.63. The van der Waals surface area contributed by atoms with E-state index in [0.717, 1.165) is 37.4 Å². The molecule has 0 aromatic carbocycles. The maximum atomic E-state index is 9.09. The maximum Gasteiger partial charge on any atom is 0.142 e. The highest BCUT2D eigenvalue weighted by Gasteiger charge is 2.18. The summed E-state index contributed by atoms with van der Waals surface area (Å²) in [5, 5.41) is 20.1. The van der Waals surface area contributed by atoms with Crippen molar-refractivity contribution >= 4 is 5.82 Å². The molecule has 5 heteroatoms. The topological polar surface area (TPSA) is 65.7 Å². The molecule has 1 aromatic rings. The van der Waals surface area contributed by atoms with Gasteiger partial charge in [-0.15, -0.1) is 0 Å². The SMILES string of the molecule is Cc1nn(C)c(NC2CCNCC2)c1C#N. The van der Waals surface area contributed by atoms with Gasteiger partial charge in [-0.3, -0.25) is 4.68 Å². The Balaban J connectivity index is 2.17. The zero-order valence-electron chi connectivity index (χ0n) is 9.75. The Morgan fingerprint density at radius 2 is 2.19 bits per heavy atom. The van der Waals surface area contributed by atoms with Crippen LogP contribution in [0.2, 0.25) is 0 Å². The number of nitrogens with one attached hydrogen (secondary N) is 2. The fraction of sp³-hybridized carbons (Fsp3) is 0.636. The predicted octanol–water partition coefficient (Wildman–Crippen LogP) is 0.764. The quantitative estimate of drug-likeness (QED) is 0.771. The van der Waals surface area contributed by atoms with E-state index < -0.39 is 0 Å². The number of piperidine rings is 1. The molecular weight excluding hydrogens is 202 g/mol. The molecule has 1 aliphatic rings. The first-order chi connectivity index (χ1) is 7.72. The minimum atomic E-state index is 0.447. The Morgan fingerprint density at radius 1 is 1.50 bits per heavy atom. The van der Waals surface area contributed by atoms with Gasteiger partial charge in [-0.1, -0.05) is 0 Å². The molecule has 16 heavy (non-hydrogen) atoms. The van der Waals surface area contributed by atoms with Crippen LogP contribution in [-0.4, -0.2) is 28.9 Å². The van der Waals surface area contributed by atoms with Gasteiger partial charge in [-0.25, -0.2) is 0 Å². The summed E-state index contributed by atoms with van der Waals surface area (Å²) >= 11 is 0. The summed E-state index contributed by atoms with van der Waals surface area (Å²) in [7, 11) is 1.87. The summed E-state index contributed by atoms with van der Waals surface area (Å²) in [6.07, 6.45) is 2.18. The number of aryl methyl sites for hydroxylation is 2. The highest BCUT2D eigenvalue weighted by molar-refractivity contribution is 5.55. The van der Waals surface area contributed by atoms with Gasteiger partial charge in [0.1, 0.15) is 17.5 Å². The van der Waals surface area contributed by atoms with Crippen molar-refractivity contribution in [2.75, 3.05) is 18.4 Å². The molecule has 1 fully saturated rings. The van der Waals surface area contributed by atoms with Gasteiger partial charge in [-0.2, -0.15) is 10.4 Å². The van der Waals surface area contributed by atoms with Gasteiger partial charge in [0.25, 0.3) is 0 Å². The van der Waals surface area contributed by atoms with Crippen molar-refractivity contribution in [2.45, 2.75) is 25.8 Å². The smallest absolute Gasteiger partial charge is 0.142 e. The van der Waals surface area contributed by atoms with Gasteiger partial charge < -0.3 is 10.6 Å². The normalized spacial score (nSPS) is 17.1. The Morgan fingerprint density at radius 3 is 2.81 bits per heavy atom. The number of rotatable bonds is 2. The molecule has 1 aromatic heterocycles. The number of aromatic nitrogens is 2. The third kappa shape index (κ3) is 2.02. The summed E-state index contributed by atoms with van der Waals surface area (Å²) in [4.78, 5) is 0. The van der Waals surface area contributed by atoms with E-state index in [1.807, 2.05) is 14.0 Å². The molecule has 0 amide bonds. The van der Waals surface area contributed by atoms with Crippen molar-refractivity contribution in [3.05, 3.63) is 11.3 Å². The summed E-state index contributed by atoms with van der Waals surface area (Å²) < 4.78 is 1.76. The van der Waals surface area contributed by atoms with Crippen molar-refractivity contribution in [3.63, 3.8) is 0 Å². The van der Waals surface area contributed by atoms with Crippen LogP contribution in [0, 0.1) is 18.3 Å². The fourth-order valence-corrected chi connectivity index (χ4v) is 2.12. The zero-order valence-corrected chi connectivity index (χ0v) is 9.75. The van der Waals surface area contributed by atoms with E-state index in [1.165, 1.54) is 0 Å². The molecule has 0 saturated carbocycles. The van der Waals surface area contributed by atoms with Crippen LogP contribution in [0.3, 0.4) is 0 Å². The number of nitriles is 1. The van der Waals surface area contributed by atoms with Gasteiger partial charge >= 0.3 is 0 Å². The van der Waals surface area contributed by atoms with E-state index in [4.69, 9.17) is 5.26 Å². The van der Waals surface area contributed by atoms with Crippen LogP contribution >= 0.6 is 0 Å². The van der Waals surface area contributed by atoms with Gasteiger partial charge in [0.2, 0.25) is 0 Å². The van der Waals surface area contributed by atoms with Gasteiger partial charge in [0, 0.05) is 13.1 Å². The van der Waals surface area contributed by atoms with E-state index in [0.29, 0.717) is 11.6 Å². The van der Waals surface area contributed by atoms with E-state index >= 15 is 0 Å². The van der Waals surface area contributed by atoms with Crippen LogP contribution in [0.1, 0.15) is 24.1 Å². The van der Waals surface area contributed by atoms with Crippen molar-refractivity contribution in [3.8, 4) is 6.07 Å². The Bertz CT molecular complexity index is 409. The molecule has 2 heterocycles. The zero-order chi connectivity index (χ0) is 11.5. The van der Waals surface area contributed by atoms with Crippen LogP contribution in [0.4, 0.5) is 5.82 Å². The van der Waals surface area contributed by atoms with Gasteiger partial charge in [0.05, 0.1) is 5.69 Å². The standard InChI is InChI=1S/C11H17N5/c1-8-10(7-12)11(16(2)15-8)14-9-3-5-13-6-4-9/h9,13-14H,3-6H2,1-2H3. The highest BCUT2D eigenvalue weighted by Crippen LogP contribution is 2.20. The van der Waals surface area contributed by atoms with E-state index in [1.54, 1.807) is 4.68 Å². The monoisotopic (exact) mass is 219 g/mol. The Labute approximate surface area is 95.4 Å². The molecule has 1 aliphatic heterocycles. The Kier molecular flexibility index (Phi) is 3.11. The lowest BCUT2D eigenvalue weighted by atomic mass is 10.1.